The first-order valence-corrected chi connectivity index (χ1v) is 2.92. The average molecular weight is 121 g/mol. The lowest BCUT2D eigenvalue weighted by molar-refractivity contribution is 0.785. The first-order chi connectivity index (χ1) is 4.30. The van der Waals surface area contributed by atoms with E-state index in [9.17, 15) is 0 Å². The van der Waals surface area contributed by atoms with Crippen molar-refractivity contribution in [1.82, 2.24) is 10.7 Å². The fourth-order valence-electron chi connectivity index (χ4n) is 0.652. The molecule has 0 fully saturated rings. The van der Waals surface area contributed by atoms with Gasteiger partial charge >= 0.3 is 0 Å². The third kappa shape index (κ3) is 1.50. The summed E-state index contributed by atoms with van der Waals surface area (Å²) >= 11 is 0. The Hall–Kier alpha value is -0.890. The standard InChI is InChI=1S/C7H9N2/c1-6(8)7-2-4-9-5-3-7/h2-6,8H,1H3. The Morgan fingerprint density at radius 2 is 2.00 bits per heavy atom. The van der Waals surface area contributed by atoms with Crippen LogP contribution in [0.1, 0.15) is 18.5 Å². The zero-order chi connectivity index (χ0) is 6.69. The van der Waals surface area contributed by atoms with Crippen LogP contribution in [0.4, 0.5) is 0 Å². The van der Waals surface area contributed by atoms with Crippen molar-refractivity contribution >= 4 is 0 Å². The summed E-state index contributed by atoms with van der Waals surface area (Å²) in [4.78, 5) is 3.84. The molecule has 1 heterocycles. The Labute approximate surface area is 54.7 Å². The van der Waals surface area contributed by atoms with E-state index < -0.39 is 0 Å². The minimum atomic E-state index is -0.131. The van der Waals surface area contributed by atoms with Crippen LogP contribution in [0.2, 0.25) is 0 Å². The molecule has 0 saturated heterocycles. The lowest BCUT2D eigenvalue weighted by atomic mass is 10.1. The monoisotopic (exact) mass is 121 g/mol. The molecular formula is C7H9N2. The molecule has 1 aromatic heterocycles. The Morgan fingerprint density at radius 1 is 1.44 bits per heavy atom. The van der Waals surface area contributed by atoms with Crippen LogP contribution >= 0.6 is 0 Å². The van der Waals surface area contributed by atoms with Crippen LogP contribution in [-0.4, -0.2) is 4.98 Å². The van der Waals surface area contributed by atoms with Gasteiger partial charge in [-0.25, -0.2) is 0 Å². The SMILES string of the molecule is CC([NH])c1ccncc1. The van der Waals surface area contributed by atoms with E-state index in [-0.39, 0.29) is 6.04 Å². The Kier molecular flexibility index (Phi) is 1.80. The van der Waals surface area contributed by atoms with Gasteiger partial charge in [-0.15, -0.1) is 0 Å². The summed E-state index contributed by atoms with van der Waals surface area (Å²) in [5, 5.41) is 0. The molecule has 9 heavy (non-hydrogen) atoms. The van der Waals surface area contributed by atoms with Crippen molar-refractivity contribution < 1.29 is 0 Å². The highest BCUT2D eigenvalue weighted by Gasteiger charge is 1.95. The van der Waals surface area contributed by atoms with E-state index in [1.54, 1.807) is 12.4 Å². The molecule has 1 aromatic rings. The molecule has 0 saturated carbocycles. The fourth-order valence-corrected chi connectivity index (χ4v) is 0.652. The molecular weight excluding hydrogens is 112 g/mol. The van der Waals surface area contributed by atoms with Crippen LogP contribution in [0.15, 0.2) is 24.5 Å². The second-order valence-electron chi connectivity index (χ2n) is 2.00. The summed E-state index contributed by atoms with van der Waals surface area (Å²) in [6, 6.07) is 3.59. The number of nitrogens with one attached hydrogen (secondary N) is 1. The number of hydrogen-bond donors (Lipinski definition) is 0. The second kappa shape index (κ2) is 2.60. The number of pyridine rings is 1. The maximum Gasteiger partial charge on any atom is 0.0435 e. The van der Waals surface area contributed by atoms with Crippen molar-refractivity contribution in [3.8, 4) is 0 Å². The number of hydrogen-bond acceptors (Lipinski definition) is 1. The maximum atomic E-state index is 7.29. The zero-order valence-electron chi connectivity index (χ0n) is 5.33. The lowest BCUT2D eigenvalue weighted by Crippen LogP contribution is -1.91. The molecule has 0 amide bonds. The molecule has 0 aliphatic carbocycles. The van der Waals surface area contributed by atoms with E-state index in [4.69, 9.17) is 5.73 Å². The molecule has 1 rings (SSSR count). The topological polar surface area (TPSA) is 36.7 Å². The molecule has 0 aromatic carbocycles. The van der Waals surface area contributed by atoms with Crippen LogP contribution in [0.25, 0.3) is 0 Å². The molecule has 1 radical (unpaired) electrons. The van der Waals surface area contributed by atoms with Crippen molar-refractivity contribution in [1.29, 1.82) is 0 Å². The van der Waals surface area contributed by atoms with E-state index in [0.717, 1.165) is 5.56 Å². The van der Waals surface area contributed by atoms with Crippen molar-refractivity contribution in [3.05, 3.63) is 30.1 Å². The largest absolute Gasteiger partial charge is 0.265 e. The van der Waals surface area contributed by atoms with Gasteiger partial charge in [0.15, 0.2) is 0 Å². The minimum Gasteiger partial charge on any atom is -0.265 e. The summed E-state index contributed by atoms with van der Waals surface area (Å²) in [5.41, 5.74) is 8.31. The van der Waals surface area contributed by atoms with Gasteiger partial charge in [0, 0.05) is 18.4 Å². The van der Waals surface area contributed by atoms with Crippen molar-refractivity contribution in [2.24, 2.45) is 0 Å². The first-order valence-electron chi connectivity index (χ1n) is 2.92. The Morgan fingerprint density at radius 3 is 2.33 bits per heavy atom. The lowest BCUT2D eigenvalue weighted by Gasteiger charge is -2.00. The summed E-state index contributed by atoms with van der Waals surface area (Å²) in [7, 11) is 0. The smallest absolute Gasteiger partial charge is 0.0435 e. The zero-order valence-corrected chi connectivity index (χ0v) is 5.33. The fraction of sp³-hybridized carbons (Fsp3) is 0.286. The minimum absolute atomic E-state index is 0.131. The summed E-state index contributed by atoms with van der Waals surface area (Å²) in [5.74, 6) is 0. The van der Waals surface area contributed by atoms with E-state index in [2.05, 4.69) is 4.98 Å². The highest BCUT2D eigenvalue weighted by molar-refractivity contribution is 5.12. The third-order valence-electron chi connectivity index (χ3n) is 1.21. The van der Waals surface area contributed by atoms with E-state index in [1.165, 1.54) is 0 Å². The van der Waals surface area contributed by atoms with Gasteiger partial charge in [0.2, 0.25) is 0 Å². The molecule has 1 unspecified atom stereocenters. The van der Waals surface area contributed by atoms with Gasteiger partial charge in [0.1, 0.15) is 0 Å². The molecule has 2 nitrogen and oxygen atoms in total. The highest BCUT2D eigenvalue weighted by atomic mass is 14.6. The molecule has 0 aliphatic heterocycles. The molecule has 1 N–H and O–H groups in total. The van der Waals surface area contributed by atoms with Gasteiger partial charge in [-0.3, -0.25) is 10.7 Å². The molecule has 2 heteroatoms. The predicted octanol–water partition coefficient (Wildman–Crippen LogP) is 1.43. The van der Waals surface area contributed by atoms with Gasteiger partial charge in [-0.1, -0.05) is 0 Å². The Bertz CT molecular complexity index is 170. The second-order valence-corrected chi connectivity index (χ2v) is 2.00. The van der Waals surface area contributed by atoms with Crippen molar-refractivity contribution in [3.63, 3.8) is 0 Å². The molecule has 1 atom stereocenters. The molecule has 0 bridgehead atoms. The van der Waals surface area contributed by atoms with E-state index in [1.807, 2.05) is 19.1 Å². The van der Waals surface area contributed by atoms with Crippen LogP contribution in [0.3, 0.4) is 0 Å². The highest BCUT2D eigenvalue weighted by Crippen LogP contribution is 2.06. The van der Waals surface area contributed by atoms with Gasteiger partial charge in [-0.2, -0.15) is 0 Å². The van der Waals surface area contributed by atoms with Gasteiger partial charge in [0.25, 0.3) is 0 Å². The third-order valence-corrected chi connectivity index (χ3v) is 1.21. The summed E-state index contributed by atoms with van der Waals surface area (Å²) in [6.07, 6.45) is 3.42. The first kappa shape index (κ1) is 6.23. The van der Waals surface area contributed by atoms with Crippen LogP contribution < -0.4 is 5.73 Å². The van der Waals surface area contributed by atoms with Crippen molar-refractivity contribution in [2.75, 3.05) is 0 Å². The number of aromatic nitrogens is 1. The maximum absolute atomic E-state index is 7.29. The van der Waals surface area contributed by atoms with Gasteiger partial charge < -0.3 is 0 Å². The van der Waals surface area contributed by atoms with E-state index in [0.29, 0.717) is 0 Å². The van der Waals surface area contributed by atoms with Gasteiger partial charge in [0.05, 0.1) is 0 Å². The van der Waals surface area contributed by atoms with Crippen LogP contribution in [0.5, 0.6) is 0 Å². The summed E-state index contributed by atoms with van der Waals surface area (Å²) in [6.45, 7) is 1.84. The Balaban J connectivity index is 2.85. The van der Waals surface area contributed by atoms with Crippen LogP contribution in [0, 0.1) is 0 Å². The normalized spacial score (nSPS) is 13.1. The van der Waals surface area contributed by atoms with Crippen LogP contribution in [-0.2, 0) is 0 Å². The van der Waals surface area contributed by atoms with E-state index >= 15 is 0 Å². The van der Waals surface area contributed by atoms with Gasteiger partial charge in [-0.05, 0) is 24.6 Å². The predicted molar refractivity (Wildman–Crippen MR) is 35.7 cm³/mol. The quantitative estimate of drug-likeness (QED) is 0.553. The molecule has 0 aliphatic rings. The molecule has 0 spiro atoms. The number of nitrogens with zero attached hydrogens (tertiary/aromatic N) is 1. The average Bonchev–Trinajstić information content (AvgIpc) is 1.90. The van der Waals surface area contributed by atoms with Crippen molar-refractivity contribution in [2.45, 2.75) is 13.0 Å². The summed E-state index contributed by atoms with van der Waals surface area (Å²) < 4.78 is 0. The number of rotatable bonds is 1. The molecule has 47 valence electrons.